The summed E-state index contributed by atoms with van der Waals surface area (Å²) in [5.74, 6) is -0.0751. The lowest BCUT2D eigenvalue weighted by Gasteiger charge is -2.06. The van der Waals surface area contributed by atoms with Crippen molar-refractivity contribution in [1.82, 2.24) is 9.78 Å². The Morgan fingerprint density at radius 1 is 1.56 bits per heavy atom. The van der Waals surface area contributed by atoms with Crippen molar-refractivity contribution in [2.45, 2.75) is 19.6 Å². The standard InChI is InChI=1S/C8H10F3N5/c1-2-16-6(13)5(3-12)7(15-16)14-4-8(9,10)11/h2,4,13H2,1H3,(H,14,15). The molecule has 0 aliphatic carbocycles. The lowest BCUT2D eigenvalue weighted by Crippen LogP contribution is -2.22. The van der Waals surface area contributed by atoms with Crippen LogP contribution in [0.5, 0.6) is 0 Å². The largest absolute Gasteiger partial charge is 0.405 e. The Morgan fingerprint density at radius 2 is 2.19 bits per heavy atom. The van der Waals surface area contributed by atoms with Gasteiger partial charge in [0.2, 0.25) is 0 Å². The number of halogens is 3. The van der Waals surface area contributed by atoms with Gasteiger partial charge < -0.3 is 11.1 Å². The normalized spacial score (nSPS) is 11.2. The Morgan fingerprint density at radius 3 is 2.62 bits per heavy atom. The van der Waals surface area contributed by atoms with E-state index in [1.54, 1.807) is 13.0 Å². The van der Waals surface area contributed by atoms with Crippen LogP contribution < -0.4 is 11.1 Å². The molecule has 0 spiro atoms. The summed E-state index contributed by atoms with van der Waals surface area (Å²) >= 11 is 0. The van der Waals surface area contributed by atoms with Crippen LogP contribution in [0.3, 0.4) is 0 Å². The second-order valence-corrected chi connectivity index (χ2v) is 3.01. The molecule has 8 heteroatoms. The summed E-state index contributed by atoms with van der Waals surface area (Å²) in [5, 5.41) is 14.5. The maximum Gasteiger partial charge on any atom is 0.405 e. The van der Waals surface area contributed by atoms with E-state index in [9.17, 15) is 13.2 Å². The third kappa shape index (κ3) is 2.56. The summed E-state index contributed by atoms with van der Waals surface area (Å²) in [6.45, 7) is 0.855. The summed E-state index contributed by atoms with van der Waals surface area (Å²) in [7, 11) is 0. The zero-order valence-corrected chi connectivity index (χ0v) is 8.47. The highest BCUT2D eigenvalue weighted by Gasteiger charge is 2.28. The van der Waals surface area contributed by atoms with Crippen molar-refractivity contribution in [3.8, 4) is 6.07 Å². The summed E-state index contributed by atoms with van der Waals surface area (Å²) in [6.07, 6.45) is -4.36. The van der Waals surface area contributed by atoms with E-state index in [2.05, 4.69) is 5.10 Å². The Hall–Kier alpha value is -1.91. The van der Waals surface area contributed by atoms with Gasteiger partial charge in [0.25, 0.3) is 0 Å². The fourth-order valence-electron chi connectivity index (χ4n) is 1.13. The zero-order valence-electron chi connectivity index (χ0n) is 8.47. The third-order valence-electron chi connectivity index (χ3n) is 1.86. The van der Waals surface area contributed by atoms with Crippen LogP contribution in [0.15, 0.2) is 0 Å². The minimum Gasteiger partial charge on any atom is -0.383 e. The van der Waals surface area contributed by atoms with Gasteiger partial charge in [0, 0.05) is 6.54 Å². The minimum atomic E-state index is -4.36. The van der Waals surface area contributed by atoms with E-state index >= 15 is 0 Å². The predicted octanol–water partition coefficient (Wildman–Crippen LogP) is 1.33. The number of nitriles is 1. The molecule has 0 aliphatic heterocycles. The number of nitrogens with one attached hydrogen (secondary N) is 1. The summed E-state index contributed by atoms with van der Waals surface area (Å²) < 4.78 is 37.1. The fraction of sp³-hybridized carbons (Fsp3) is 0.500. The molecule has 0 radical (unpaired) electrons. The van der Waals surface area contributed by atoms with Crippen molar-refractivity contribution in [2.24, 2.45) is 0 Å². The second kappa shape index (κ2) is 4.30. The van der Waals surface area contributed by atoms with Gasteiger partial charge in [-0.3, -0.25) is 0 Å². The first-order chi connectivity index (χ1) is 7.39. The number of aromatic nitrogens is 2. The zero-order chi connectivity index (χ0) is 12.3. The number of hydrogen-bond donors (Lipinski definition) is 2. The quantitative estimate of drug-likeness (QED) is 0.825. The highest BCUT2D eigenvalue weighted by atomic mass is 19.4. The van der Waals surface area contributed by atoms with Crippen LogP contribution in [-0.2, 0) is 6.54 Å². The molecule has 5 nitrogen and oxygen atoms in total. The van der Waals surface area contributed by atoms with Gasteiger partial charge in [-0.1, -0.05) is 0 Å². The van der Waals surface area contributed by atoms with Gasteiger partial charge in [0.05, 0.1) is 0 Å². The van der Waals surface area contributed by atoms with Crippen LogP contribution in [0.25, 0.3) is 0 Å². The molecule has 1 heterocycles. The number of anilines is 2. The molecule has 0 bridgehead atoms. The number of alkyl halides is 3. The topological polar surface area (TPSA) is 79.7 Å². The van der Waals surface area contributed by atoms with E-state index in [-0.39, 0.29) is 17.2 Å². The molecule has 0 aromatic carbocycles. The number of hydrogen-bond acceptors (Lipinski definition) is 4. The molecular formula is C8H10F3N5. The summed E-state index contributed by atoms with van der Waals surface area (Å²) in [6, 6.07) is 1.72. The summed E-state index contributed by atoms with van der Waals surface area (Å²) in [5.41, 5.74) is 5.46. The molecular weight excluding hydrogens is 223 g/mol. The molecule has 88 valence electrons. The summed E-state index contributed by atoms with van der Waals surface area (Å²) in [4.78, 5) is 0. The monoisotopic (exact) mass is 233 g/mol. The maximum absolute atomic E-state index is 12.0. The van der Waals surface area contributed by atoms with E-state index in [0.717, 1.165) is 0 Å². The lowest BCUT2D eigenvalue weighted by atomic mass is 10.3. The van der Waals surface area contributed by atoms with Gasteiger partial charge in [-0.25, -0.2) is 4.68 Å². The van der Waals surface area contributed by atoms with Crippen molar-refractivity contribution >= 4 is 11.6 Å². The van der Waals surface area contributed by atoms with Crippen molar-refractivity contribution in [3.63, 3.8) is 0 Å². The Bertz CT molecular complexity index is 415. The first-order valence-corrected chi connectivity index (χ1v) is 4.46. The number of nitrogens with two attached hydrogens (primary N) is 1. The van der Waals surface area contributed by atoms with Crippen LogP contribution in [0.1, 0.15) is 12.5 Å². The van der Waals surface area contributed by atoms with Crippen LogP contribution in [0.4, 0.5) is 24.8 Å². The Kier molecular flexibility index (Phi) is 3.27. The highest BCUT2D eigenvalue weighted by Crippen LogP contribution is 2.22. The first kappa shape index (κ1) is 12.2. The maximum atomic E-state index is 12.0. The lowest BCUT2D eigenvalue weighted by molar-refractivity contribution is -0.115. The van der Waals surface area contributed by atoms with Crippen LogP contribution in [0, 0.1) is 11.3 Å². The van der Waals surface area contributed by atoms with Crippen molar-refractivity contribution < 1.29 is 13.2 Å². The average Bonchev–Trinajstić information content (AvgIpc) is 2.50. The predicted molar refractivity (Wildman–Crippen MR) is 51.6 cm³/mol. The van der Waals surface area contributed by atoms with E-state index < -0.39 is 12.7 Å². The molecule has 1 rings (SSSR count). The van der Waals surface area contributed by atoms with Crippen molar-refractivity contribution in [1.29, 1.82) is 5.26 Å². The highest BCUT2D eigenvalue weighted by molar-refractivity contribution is 5.63. The van der Waals surface area contributed by atoms with E-state index in [1.165, 1.54) is 4.68 Å². The Balaban J connectivity index is 2.93. The molecule has 3 N–H and O–H groups in total. The fourth-order valence-corrected chi connectivity index (χ4v) is 1.13. The molecule has 0 atom stereocenters. The van der Waals surface area contributed by atoms with Crippen LogP contribution in [0.2, 0.25) is 0 Å². The van der Waals surface area contributed by atoms with Gasteiger partial charge >= 0.3 is 6.18 Å². The van der Waals surface area contributed by atoms with Crippen molar-refractivity contribution in [2.75, 3.05) is 17.6 Å². The van der Waals surface area contributed by atoms with Gasteiger partial charge in [0.1, 0.15) is 24.0 Å². The van der Waals surface area contributed by atoms with E-state index in [4.69, 9.17) is 11.0 Å². The molecule has 0 aliphatic rings. The SMILES string of the molecule is CCn1nc(NCC(F)(F)F)c(C#N)c1N. The number of aryl methyl sites for hydroxylation is 1. The average molecular weight is 233 g/mol. The molecule has 0 amide bonds. The van der Waals surface area contributed by atoms with E-state index in [1.807, 2.05) is 5.32 Å². The molecule has 1 aromatic heterocycles. The Labute approximate surface area is 89.6 Å². The van der Waals surface area contributed by atoms with Gasteiger partial charge in [-0.2, -0.15) is 23.5 Å². The molecule has 0 saturated carbocycles. The molecule has 0 saturated heterocycles. The van der Waals surface area contributed by atoms with Crippen molar-refractivity contribution in [3.05, 3.63) is 5.56 Å². The number of rotatable bonds is 3. The molecule has 0 fully saturated rings. The molecule has 16 heavy (non-hydrogen) atoms. The van der Waals surface area contributed by atoms with E-state index in [0.29, 0.717) is 6.54 Å². The van der Waals surface area contributed by atoms with Crippen LogP contribution in [-0.4, -0.2) is 22.5 Å². The van der Waals surface area contributed by atoms with Gasteiger partial charge in [-0.15, -0.1) is 0 Å². The molecule has 0 unspecified atom stereocenters. The third-order valence-corrected chi connectivity index (χ3v) is 1.86. The first-order valence-electron chi connectivity index (χ1n) is 4.46. The number of nitrogen functional groups attached to an aromatic ring is 1. The van der Waals surface area contributed by atoms with Gasteiger partial charge in [-0.05, 0) is 6.92 Å². The van der Waals surface area contributed by atoms with Gasteiger partial charge in [0.15, 0.2) is 5.82 Å². The molecule has 1 aromatic rings. The smallest absolute Gasteiger partial charge is 0.383 e. The second-order valence-electron chi connectivity index (χ2n) is 3.01. The number of nitrogens with zero attached hydrogens (tertiary/aromatic N) is 3. The minimum absolute atomic E-state index is 0.0638. The van der Waals surface area contributed by atoms with Crippen LogP contribution >= 0.6 is 0 Å².